The molecule has 1 amide bonds. The highest BCUT2D eigenvalue weighted by atomic mass is 16.2. The summed E-state index contributed by atoms with van der Waals surface area (Å²) in [6.07, 6.45) is 2.48. The van der Waals surface area contributed by atoms with Gasteiger partial charge in [0.25, 0.3) is 0 Å². The molecule has 4 heteroatoms. The Kier molecular flexibility index (Phi) is 5.01. The largest absolute Gasteiger partial charge is 0.399 e. The van der Waals surface area contributed by atoms with Crippen LogP contribution in [-0.4, -0.2) is 48.4 Å². The summed E-state index contributed by atoms with van der Waals surface area (Å²) >= 11 is 0. The molecule has 0 aliphatic carbocycles. The Morgan fingerprint density at radius 1 is 1.30 bits per heavy atom. The Bertz CT molecular complexity index is 444. The van der Waals surface area contributed by atoms with Gasteiger partial charge in [-0.3, -0.25) is 9.69 Å². The molecule has 1 saturated heterocycles. The molecule has 1 aliphatic rings. The Morgan fingerprint density at radius 2 is 2.00 bits per heavy atom. The van der Waals surface area contributed by atoms with Crippen molar-refractivity contribution in [2.24, 2.45) is 0 Å². The molecule has 1 heterocycles. The fourth-order valence-corrected chi connectivity index (χ4v) is 2.71. The molecule has 0 aromatic heterocycles. The van der Waals surface area contributed by atoms with Gasteiger partial charge >= 0.3 is 0 Å². The topological polar surface area (TPSA) is 49.6 Å². The lowest BCUT2D eigenvalue weighted by molar-refractivity contribution is -0.133. The van der Waals surface area contributed by atoms with Crippen LogP contribution in [-0.2, 0) is 11.2 Å². The van der Waals surface area contributed by atoms with Gasteiger partial charge in [-0.05, 0) is 37.6 Å². The number of amides is 1. The van der Waals surface area contributed by atoms with E-state index in [1.54, 1.807) is 0 Å². The van der Waals surface area contributed by atoms with Crippen molar-refractivity contribution in [1.29, 1.82) is 0 Å². The number of piperazine rings is 1. The van der Waals surface area contributed by atoms with Gasteiger partial charge in [-0.15, -0.1) is 0 Å². The SMILES string of the molecule is CCC1CN(C(=O)CCc2ccc(N)cc2)CCN1C. The van der Waals surface area contributed by atoms with Crippen molar-refractivity contribution >= 4 is 11.6 Å². The van der Waals surface area contributed by atoms with E-state index >= 15 is 0 Å². The van der Waals surface area contributed by atoms with Crippen LogP contribution in [0.3, 0.4) is 0 Å². The number of nitrogens with zero attached hydrogens (tertiary/aromatic N) is 2. The zero-order valence-corrected chi connectivity index (χ0v) is 12.5. The predicted molar refractivity (Wildman–Crippen MR) is 82.5 cm³/mol. The number of carbonyl (C=O) groups is 1. The summed E-state index contributed by atoms with van der Waals surface area (Å²) < 4.78 is 0. The summed E-state index contributed by atoms with van der Waals surface area (Å²) in [6.45, 7) is 4.89. The van der Waals surface area contributed by atoms with Crippen molar-refractivity contribution in [3.05, 3.63) is 29.8 Å². The van der Waals surface area contributed by atoms with Crippen molar-refractivity contribution in [2.75, 3.05) is 32.4 Å². The van der Waals surface area contributed by atoms with Gasteiger partial charge in [0.1, 0.15) is 0 Å². The molecule has 4 nitrogen and oxygen atoms in total. The summed E-state index contributed by atoms with van der Waals surface area (Å²) in [5.74, 6) is 0.272. The molecule has 2 rings (SSSR count). The minimum Gasteiger partial charge on any atom is -0.399 e. The number of hydrogen-bond donors (Lipinski definition) is 1. The fourth-order valence-electron chi connectivity index (χ4n) is 2.71. The highest BCUT2D eigenvalue weighted by Crippen LogP contribution is 2.13. The number of carbonyl (C=O) groups excluding carboxylic acids is 1. The van der Waals surface area contributed by atoms with E-state index in [2.05, 4.69) is 18.9 Å². The molecule has 1 fully saturated rings. The monoisotopic (exact) mass is 275 g/mol. The fraction of sp³-hybridized carbons (Fsp3) is 0.562. The normalized spacial score (nSPS) is 20.1. The van der Waals surface area contributed by atoms with E-state index < -0.39 is 0 Å². The van der Waals surface area contributed by atoms with E-state index in [0.29, 0.717) is 12.5 Å². The molecule has 1 aliphatic heterocycles. The second-order valence-corrected chi connectivity index (χ2v) is 5.62. The maximum Gasteiger partial charge on any atom is 0.222 e. The van der Waals surface area contributed by atoms with Gasteiger partial charge in [-0.25, -0.2) is 0 Å². The molecule has 1 unspecified atom stereocenters. The number of aryl methyl sites for hydroxylation is 1. The molecule has 2 N–H and O–H groups in total. The van der Waals surface area contributed by atoms with Gasteiger partial charge in [0, 0.05) is 37.8 Å². The number of anilines is 1. The van der Waals surface area contributed by atoms with Gasteiger partial charge < -0.3 is 10.6 Å². The Balaban J connectivity index is 1.84. The summed E-state index contributed by atoms with van der Waals surface area (Å²) in [4.78, 5) is 16.7. The van der Waals surface area contributed by atoms with Crippen molar-refractivity contribution in [3.8, 4) is 0 Å². The van der Waals surface area contributed by atoms with Crippen LogP contribution in [0.25, 0.3) is 0 Å². The van der Waals surface area contributed by atoms with Gasteiger partial charge in [0.2, 0.25) is 5.91 Å². The first kappa shape index (κ1) is 14.9. The lowest BCUT2D eigenvalue weighted by atomic mass is 10.1. The van der Waals surface area contributed by atoms with E-state index in [1.165, 1.54) is 5.56 Å². The zero-order chi connectivity index (χ0) is 14.5. The smallest absolute Gasteiger partial charge is 0.222 e. The van der Waals surface area contributed by atoms with Crippen LogP contribution in [0.2, 0.25) is 0 Å². The molecule has 1 atom stereocenters. The number of nitrogen functional groups attached to an aromatic ring is 1. The number of likely N-dealkylation sites (N-methyl/N-ethyl adjacent to an activating group) is 1. The third-order valence-electron chi connectivity index (χ3n) is 4.21. The van der Waals surface area contributed by atoms with Gasteiger partial charge in [-0.2, -0.15) is 0 Å². The first-order valence-corrected chi connectivity index (χ1v) is 7.42. The molecule has 1 aromatic rings. The molecule has 0 radical (unpaired) electrons. The lowest BCUT2D eigenvalue weighted by Gasteiger charge is -2.39. The Labute approximate surface area is 121 Å². The molecule has 20 heavy (non-hydrogen) atoms. The maximum atomic E-state index is 12.3. The second-order valence-electron chi connectivity index (χ2n) is 5.62. The number of benzene rings is 1. The van der Waals surface area contributed by atoms with E-state index in [0.717, 1.165) is 38.2 Å². The molecule has 0 saturated carbocycles. The van der Waals surface area contributed by atoms with Gasteiger partial charge in [-0.1, -0.05) is 19.1 Å². The van der Waals surface area contributed by atoms with Crippen molar-refractivity contribution < 1.29 is 4.79 Å². The van der Waals surface area contributed by atoms with Crippen LogP contribution in [0.5, 0.6) is 0 Å². The number of hydrogen-bond acceptors (Lipinski definition) is 3. The molecule has 110 valence electrons. The first-order valence-electron chi connectivity index (χ1n) is 7.42. The second kappa shape index (κ2) is 6.75. The molecule has 0 bridgehead atoms. The van der Waals surface area contributed by atoms with Crippen molar-refractivity contribution in [2.45, 2.75) is 32.2 Å². The van der Waals surface area contributed by atoms with Crippen molar-refractivity contribution in [3.63, 3.8) is 0 Å². The van der Waals surface area contributed by atoms with Crippen LogP contribution in [0, 0.1) is 0 Å². The predicted octanol–water partition coefficient (Wildman–Crippen LogP) is 1.75. The zero-order valence-electron chi connectivity index (χ0n) is 12.5. The van der Waals surface area contributed by atoms with Crippen molar-refractivity contribution in [1.82, 2.24) is 9.80 Å². The van der Waals surface area contributed by atoms with E-state index in [9.17, 15) is 4.79 Å². The summed E-state index contributed by atoms with van der Waals surface area (Å²) in [6, 6.07) is 8.29. The van der Waals surface area contributed by atoms with Crippen LogP contribution in [0.1, 0.15) is 25.3 Å². The highest BCUT2D eigenvalue weighted by molar-refractivity contribution is 5.76. The van der Waals surface area contributed by atoms with E-state index in [1.807, 2.05) is 29.2 Å². The highest BCUT2D eigenvalue weighted by Gasteiger charge is 2.25. The maximum absolute atomic E-state index is 12.3. The molecule has 1 aromatic carbocycles. The molecule has 0 spiro atoms. The Morgan fingerprint density at radius 3 is 2.65 bits per heavy atom. The summed E-state index contributed by atoms with van der Waals surface area (Å²) in [7, 11) is 2.14. The molecular weight excluding hydrogens is 250 g/mol. The summed E-state index contributed by atoms with van der Waals surface area (Å²) in [5.41, 5.74) is 7.61. The average molecular weight is 275 g/mol. The van der Waals surface area contributed by atoms with Gasteiger partial charge in [0.05, 0.1) is 0 Å². The van der Waals surface area contributed by atoms with Crippen LogP contribution >= 0.6 is 0 Å². The van der Waals surface area contributed by atoms with Crippen LogP contribution in [0.15, 0.2) is 24.3 Å². The third-order valence-corrected chi connectivity index (χ3v) is 4.21. The summed E-state index contributed by atoms with van der Waals surface area (Å²) in [5, 5.41) is 0. The van der Waals surface area contributed by atoms with E-state index in [4.69, 9.17) is 5.73 Å². The third kappa shape index (κ3) is 3.73. The minimum atomic E-state index is 0.272. The number of rotatable bonds is 4. The average Bonchev–Trinajstić information content (AvgIpc) is 2.47. The van der Waals surface area contributed by atoms with Crippen LogP contribution in [0.4, 0.5) is 5.69 Å². The van der Waals surface area contributed by atoms with Crippen LogP contribution < -0.4 is 5.73 Å². The standard InChI is InChI=1S/C16H25N3O/c1-3-15-12-19(11-10-18(15)2)16(20)9-6-13-4-7-14(17)8-5-13/h4-5,7-8,15H,3,6,9-12,17H2,1-2H3. The molecular formula is C16H25N3O. The lowest BCUT2D eigenvalue weighted by Crippen LogP contribution is -2.53. The Hall–Kier alpha value is -1.55. The number of nitrogens with two attached hydrogens (primary N) is 1. The van der Waals surface area contributed by atoms with Gasteiger partial charge in [0.15, 0.2) is 0 Å². The first-order chi connectivity index (χ1) is 9.60. The minimum absolute atomic E-state index is 0.272. The quantitative estimate of drug-likeness (QED) is 0.852. The van der Waals surface area contributed by atoms with E-state index in [-0.39, 0.29) is 5.91 Å².